The van der Waals surface area contributed by atoms with Crippen LogP contribution in [-0.4, -0.2) is 65.7 Å². The summed E-state index contributed by atoms with van der Waals surface area (Å²) in [5.74, 6) is -0.702. The van der Waals surface area contributed by atoms with Gasteiger partial charge in [0.1, 0.15) is 6.54 Å². The number of hydrogen-bond acceptors (Lipinski definition) is 6. The third kappa shape index (κ3) is 3.80. The molecular weight excluding hydrogens is 348 g/mol. The number of amides is 1. The van der Waals surface area contributed by atoms with Gasteiger partial charge in [0.15, 0.2) is 5.82 Å². The highest BCUT2D eigenvalue weighted by Gasteiger charge is 2.27. The van der Waals surface area contributed by atoms with E-state index in [0.717, 1.165) is 6.26 Å². The monoisotopic (exact) mass is 366 g/mol. The van der Waals surface area contributed by atoms with Crippen molar-refractivity contribution in [3.63, 3.8) is 0 Å². The van der Waals surface area contributed by atoms with Gasteiger partial charge in [0, 0.05) is 31.7 Å². The summed E-state index contributed by atoms with van der Waals surface area (Å²) in [5, 5.41) is 3.75. The number of aromatic nitrogens is 2. The summed E-state index contributed by atoms with van der Waals surface area (Å²) >= 11 is 0. The molecule has 0 atom stereocenters. The lowest BCUT2D eigenvalue weighted by atomic mass is 10.2. The number of carbonyl (C=O) groups is 1. The molecule has 1 saturated heterocycles. The van der Waals surface area contributed by atoms with E-state index in [-0.39, 0.29) is 44.5 Å². The van der Waals surface area contributed by atoms with Gasteiger partial charge in [-0.3, -0.25) is 9.32 Å². The average molecular weight is 366 g/mol. The van der Waals surface area contributed by atoms with Crippen LogP contribution in [0, 0.1) is 0 Å². The molecule has 1 aliphatic rings. The number of rotatable bonds is 4. The number of sulfonamides is 1. The first-order valence-corrected chi connectivity index (χ1v) is 9.56. The molecule has 0 unspecified atom stereocenters. The number of hydrogen-bond donors (Lipinski definition) is 0. The second-order valence-electron chi connectivity index (χ2n) is 5.77. The highest BCUT2D eigenvalue weighted by molar-refractivity contribution is 7.88. The van der Waals surface area contributed by atoms with Crippen LogP contribution in [0.2, 0.25) is 0 Å². The van der Waals surface area contributed by atoms with Gasteiger partial charge >= 0.3 is 5.76 Å². The third-order valence-corrected chi connectivity index (χ3v) is 5.38. The molecule has 134 valence electrons. The molecule has 1 aromatic heterocycles. The molecule has 25 heavy (non-hydrogen) atoms. The summed E-state index contributed by atoms with van der Waals surface area (Å²) < 4.78 is 30.3. The Kier molecular flexibility index (Phi) is 4.73. The van der Waals surface area contributed by atoms with Crippen molar-refractivity contribution < 1.29 is 17.7 Å². The van der Waals surface area contributed by atoms with Gasteiger partial charge in [-0.05, 0) is 0 Å². The van der Waals surface area contributed by atoms with E-state index in [1.165, 1.54) is 13.8 Å². The van der Waals surface area contributed by atoms with Crippen molar-refractivity contribution in [1.82, 2.24) is 18.9 Å². The lowest BCUT2D eigenvalue weighted by Gasteiger charge is -2.33. The van der Waals surface area contributed by atoms with Crippen molar-refractivity contribution in [2.45, 2.75) is 6.54 Å². The summed E-state index contributed by atoms with van der Waals surface area (Å²) in [6.45, 7) is 0.855. The summed E-state index contributed by atoms with van der Waals surface area (Å²) in [4.78, 5) is 25.9. The fraction of sp³-hybridized carbons (Fsp3) is 0.400. The lowest BCUT2D eigenvalue weighted by Crippen LogP contribution is -2.51. The van der Waals surface area contributed by atoms with Gasteiger partial charge in [-0.25, -0.2) is 17.8 Å². The van der Waals surface area contributed by atoms with E-state index >= 15 is 0 Å². The van der Waals surface area contributed by atoms with Crippen LogP contribution in [0.15, 0.2) is 39.6 Å². The molecule has 2 heterocycles. The molecule has 0 radical (unpaired) electrons. The van der Waals surface area contributed by atoms with Crippen molar-refractivity contribution in [3.05, 3.63) is 40.9 Å². The van der Waals surface area contributed by atoms with E-state index in [1.807, 2.05) is 6.07 Å². The standard InChI is InChI=1S/C15H18N4O5S/c1-25(22,23)18-9-7-17(8-10-18)13(20)11-19-14(16-24-15(19)21)12-5-3-2-4-6-12/h2-6H,7-11H2,1H3. The maximum Gasteiger partial charge on any atom is 0.442 e. The molecule has 10 heteroatoms. The molecule has 1 amide bonds. The first-order chi connectivity index (χ1) is 11.9. The minimum absolute atomic E-state index is 0.203. The normalized spacial score (nSPS) is 16.1. The van der Waals surface area contributed by atoms with E-state index in [2.05, 4.69) is 5.16 Å². The van der Waals surface area contributed by atoms with Gasteiger partial charge in [-0.2, -0.15) is 4.31 Å². The molecule has 0 bridgehead atoms. The molecule has 9 nitrogen and oxygen atoms in total. The third-order valence-electron chi connectivity index (χ3n) is 4.07. The molecule has 2 aromatic rings. The van der Waals surface area contributed by atoms with Crippen LogP contribution in [0.1, 0.15) is 0 Å². The van der Waals surface area contributed by atoms with Gasteiger partial charge < -0.3 is 4.90 Å². The Morgan fingerprint density at radius 2 is 1.80 bits per heavy atom. The SMILES string of the molecule is CS(=O)(=O)N1CCN(C(=O)Cn2c(-c3ccccc3)noc2=O)CC1. The molecule has 0 saturated carbocycles. The summed E-state index contributed by atoms with van der Waals surface area (Å²) in [6, 6.07) is 8.96. The number of piperazine rings is 1. The quantitative estimate of drug-likeness (QED) is 0.729. The zero-order valence-corrected chi connectivity index (χ0v) is 14.5. The summed E-state index contributed by atoms with van der Waals surface area (Å²) in [5.41, 5.74) is 0.669. The molecule has 1 aliphatic heterocycles. The van der Waals surface area contributed by atoms with Crippen LogP contribution < -0.4 is 5.76 Å². The lowest BCUT2D eigenvalue weighted by molar-refractivity contribution is -0.133. The molecule has 1 aromatic carbocycles. The maximum atomic E-state index is 12.5. The summed E-state index contributed by atoms with van der Waals surface area (Å²) in [6.07, 6.45) is 1.15. The van der Waals surface area contributed by atoms with E-state index in [1.54, 1.807) is 24.3 Å². The molecule has 0 N–H and O–H groups in total. The van der Waals surface area contributed by atoms with Gasteiger partial charge in [0.2, 0.25) is 15.9 Å². The average Bonchev–Trinajstić information content (AvgIpc) is 2.96. The van der Waals surface area contributed by atoms with E-state index in [4.69, 9.17) is 4.52 Å². The summed E-state index contributed by atoms with van der Waals surface area (Å²) in [7, 11) is -3.26. The zero-order valence-electron chi connectivity index (χ0n) is 13.7. The van der Waals surface area contributed by atoms with Crippen LogP contribution in [0.4, 0.5) is 0 Å². The Balaban J connectivity index is 1.73. The van der Waals surface area contributed by atoms with Crippen molar-refractivity contribution in [3.8, 4) is 11.4 Å². The van der Waals surface area contributed by atoms with E-state index in [0.29, 0.717) is 5.56 Å². The Hall–Kier alpha value is -2.46. The Morgan fingerprint density at radius 3 is 2.40 bits per heavy atom. The Morgan fingerprint density at radius 1 is 1.16 bits per heavy atom. The van der Waals surface area contributed by atoms with Crippen LogP contribution in [0.25, 0.3) is 11.4 Å². The largest absolute Gasteiger partial charge is 0.442 e. The molecule has 3 rings (SSSR count). The fourth-order valence-electron chi connectivity index (χ4n) is 2.71. The van der Waals surface area contributed by atoms with E-state index < -0.39 is 15.8 Å². The smallest absolute Gasteiger partial charge is 0.338 e. The van der Waals surface area contributed by atoms with Crippen molar-refractivity contribution in [2.75, 3.05) is 32.4 Å². The highest BCUT2D eigenvalue weighted by atomic mass is 32.2. The van der Waals surface area contributed by atoms with Crippen molar-refractivity contribution in [2.24, 2.45) is 0 Å². The van der Waals surface area contributed by atoms with E-state index in [9.17, 15) is 18.0 Å². The zero-order chi connectivity index (χ0) is 18.0. The first-order valence-electron chi connectivity index (χ1n) is 7.71. The van der Waals surface area contributed by atoms with Crippen LogP contribution in [0.3, 0.4) is 0 Å². The Bertz CT molecular complexity index is 911. The van der Waals surface area contributed by atoms with Crippen LogP contribution in [-0.2, 0) is 21.4 Å². The van der Waals surface area contributed by atoms with Crippen molar-refractivity contribution >= 4 is 15.9 Å². The molecular formula is C15H18N4O5S. The highest BCUT2D eigenvalue weighted by Crippen LogP contribution is 2.15. The number of benzene rings is 1. The second-order valence-corrected chi connectivity index (χ2v) is 7.75. The number of carbonyl (C=O) groups excluding carboxylic acids is 1. The minimum atomic E-state index is -3.26. The predicted octanol–water partition coefficient (Wildman–Crippen LogP) is -0.393. The van der Waals surface area contributed by atoms with Gasteiger partial charge in [0.05, 0.1) is 6.26 Å². The molecule has 0 spiro atoms. The fourth-order valence-corrected chi connectivity index (χ4v) is 3.53. The predicted molar refractivity (Wildman–Crippen MR) is 89.2 cm³/mol. The Labute approximate surface area is 144 Å². The van der Waals surface area contributed by atoms with Gasteiger partial charge in [-0.15, -0.1) is 0 Å². The maximum absolute atomic E-state index is 12.5. The van der Waals surface area contributed by atoms with Crippen LogP contribution in [0.5, 0.6) is 0 Å². The topological polar surface area (TPSA) is 106 Å². The minimum Gasteiger partial charge on any atom is -0.338 e. The molecule has 1 fully saturated rings. The number of nitrogens with zero attached hydrogens (tertiary/aromatic N) is 4. The van der Waals surface area contributed by atoms with Gasteiger partial charge in [-0.1, -0.05) is 35.5 Å². The second kappa shape index (κ2) is 6.81. The first kappa shape index (κ1) is 17.4. The van der Waals surface area contributed by atoms with Crippen LogP contribution >= 0.6 is 0 Å². The van der Waals surface area contributed by atoms with Crippen molar-refractivity contribution in [1.29, 1.82) is 0 Å². The molecule has 0 aliphatic carbocycles. The van der Waals surface area contributed by atoms with Gasteiger partial charge in [0.25, 0.3) is 0 Å².